The smallest absolute Gasteiger partial charge is 0.226 e. The first kappa shape index (κ1) is 13.7. The predicted octanol–water partition coefficient (Wildman–Crippen LogP) is 2.26. The van der Waals surface area contributed by atoms with Crippen LogP contribution in [0.15, 0.2) is 0 Å². The molecule has 3 fully saturated rings. The Bertz CT molecular complexity index is 318. The minimum Gasteiger partial charge on any atom is -0.339 e. The Morgan fingerprint density at radius 2 is 2.00 bits per heavy atom. The van der Waals surface area contributed by atoms with Gasteiger partial charge in [-0.2, -0.15) is 11.8 Å². The zero-order valence-corrected chi connectivity index (χ0v) is 12.8. The molecule has 4 heteroatoms. The van der Waals surface area contributed by atoms with Gasteiger partial charge in [0.25, 0.3) is 0 Å². The van der Waals surface area contributed by atoms with Crippen LogP contribution in [0.25, 0.3) is 0 Å². The van der Waals surface area contributed by atoms with E-state index in [0.717, 1.165) is 25.1 Å². The Labute approximate surface area is 120 Å². The molecular weight excluding hydrogens is 256 g/mol. The molecule has 3 heterocycles. The van der Waals surface area contributed by atoms with Crippen LogP contribution in [0.2, 0.25) is 0 Å². The van der Waals surface area contributed by atoms with E-state index < -0.39 is 0 Å². The molecule has 0 spiro atoms. The van der Waals surface area contributed by atoms with Crippen molar-refractivity contribution in [1.29, 1.82) is 0 Å². The molecule has 19 heavy (non-hydrogen) atoms. The van der Waals surface area contributed by atoms with E-state index in [4.69, 9.17) is 0 Å². The van der Waals surface area contributed by atoms with Crippen molar-refractivity contribution in [3.63, 3.8) is 0 Å². The fourth-order valence-electron chi connectivity index (χ4n) is 3.96. The lowest BCUT2D eigenvalue weighted by Crippen LogP contribution is -2.51. The van der Waals surface area contributed by atoms with Crippen LogP contribution in [0.5, 0.6) is 0 Å². The number of rotatable bonds is 4. The highest BCUT2D eigenvalue weighted by atomic mass is 32.2. The summed E-state index contributed by atoms with van der Waals surface area (Å²) < 4.78 is 0. The lowest BCUT2D eigenvalue weighted by molar-refractivity contribution is -0.138. The lowest BCUT2D eigenvalue weighted by atomic mass is 9.96. The molecule has 1 N–H and O–H groups in total. The molecule has 3 nitrogen and oxygen atoms in total. The standard InChI is InChI=1S/C15H26N2OS/c1-2-6-17(15(18)11-5-7-19-10-11)14-8-12-3-4-13(9-14)16-12/h11-14,16H,2-10H2,1H3. The highest BCUT2D eigenvalue weighted by Gasteiger charge is 2.39. The molecular formula is C15H26N2OS. The number of hydrogen-bond donors (Lipinski definition) is 1. The summed E-state index contributed by atoms with van der Waals surface area (Å²) >= 11 is 1.95. The maximum Gasteiger partial charge on any atom is 0.226 e. The second kappa shape index (κ2) is 6.04. The maximum absolute atomic E-state index is 12.8. The van der Waals surface area contributed by atoms with Crippen LogP contribution in [0.1, 0.15) is 45.4 Å². The van der Waals surface area contributed by atoms with Gasteiger partial charge in [0, 0.05) is 36.3 Å². The van der Waals surface area contributed by atoms with E-state index >= 15 is 0 Å². The largest absolute Gasteiger partial charge is 0.339 e. The molecule has 0 saturated carbocycles. The van der Waals surface area contributed by atoms with Crippen LogP contribution in [-0.2, 0) is 4.79 Å². The van der Waals surface area contributed by atoms with Crippen molar-refractivity contribution in [3.8, 4) is 0 Å². The van der Waals surface area contributed by atoms with E-state index in [1.165, 1.54) is 31.4 Å². The average molecular weight is 282 g/mol. The summed E-state index contributed by atoms with van der Waals surface area (Å²) in [6, 6.07) is 1.86. The molecule has 3 aliphatic rings. The monoisotopic (exact) mass is 282 g/mol. The van der Waals surface area contributed by atoms with Crippen LogP contribution >= 0.6 is 11.8 Å². The summed E-state index contributed by atoms with van der Waals surface area (Å²) in [7, 11) is 0. The molecule has 2 bridgehead atoms. The third-order valence-corrected chi connectivity index (χ3v) is 6.08. The SMILES string of the molecule is CCCN(C(=O)C1CCSC1)C1CC2CCC(C1)N2. The van der Waals surface area contributed by atoms with Gasteiger partial charge in [0.05, 0.1) is 0 Å². The van der Waals surface area contributed by atoms with Gasteiger partial charge in [0.2, 0.25) is 5.91 Å². The Morgan fingerprint density at radius 3 is 2.58 bits per heavy atom. The maximum atomic E-state index is 12.8. The number of nitrogens with one attached hydrogen (secondary N) is 1. The van der Waals surface area contributed by atoms with E-state index in [1.54, 1.807) is 0 Å². The second-order valence-electron chi connectivity index (χ2n) is 6.36. The molecule has 3 rings (SSSR count). The van der Waals surface area contributed by atoms with Crippen molar-refractivity contribution < 1.29 is 4.79 Å². The molecule has 0 aromatic carbocycles. The van der Waals surface area contributed by atoms with E-state index in [0.29, 0.717) is 30.0 Å². The van der Waals surface area contributed by atoms with Gasteiger partial charge in [-0.15, -0.1) is 0 Å². The molecule has 3 atom stereocenters. The predicted molar refractivity (Wildman–Crippen MR) is 80.4 cm³/mol. The molecule has 108 valence electrons. The Morgan fingerprint density at radius 1 is 1.26 bits per heavy atom. The summed E-state index contributed by atoms with van der Waals surface area (Å²) in [5.41, 5.74) is 0. The van der Waals surface area contributed by atoms with Gasteiger partial charge in [0.1, 0.15) is 0 Å². The topological polar surface area (TPSA) is 32.3 Å². The number of nitrogens with zero attached hydrogens (tertiary/aromatic N) is 1. The van der Waals surface area contributed by atoms with Crippen molar-refractivity contribution in [2.75, 3.05) is 18.1 Å². The van der Waals surface area contributed by atoms with Crippen molar-refractivity contribution >= 4 is 17.7 Å². The molecule has 1 amide bonds. The lowest BCUT2D eigenvalue weighted by Gasteiger charge is -2.39. The third-order valence-electron chi connectivity index (χ3n) is 4.92. The van der Waals surface area contributed by atoms with Crippen LogP contribution in [0.4, 0.5) is 0 Å². The highest BCUT2D eigenvalue weighted by molar-refractivity contribution is 7.99. The Hall–Kier alpha value is -0.220. The van der Waals surface area contributed by atoms with Crippen molar-refractivity contribution in [2.24, 2.45) is 5.92 Å². The number of carbonyl (C=O) groups is 1. The first-order valence-corrected chi connectivity index (χ1v) is 9.07. The number of fused-ring (bicyclic) bond motifs is 2. The van der Waals surface area contributed by atoms with Crippen LogP contribution < -0.4 is 5.32 Å². The van der Waals surface area contributed by atoms with Gasteiger partial charge in [-0.05, 0) is 44.3 Å². The fraction of sp³-hybridized carbons (Fsp3) is 0.933. The molecule has 0 radical (unpaired) electrons. The minimum absolute atomic E-state index is 0.309. The zero-order chi connectivity index (χ0) is 13.2. The van der Waals surface area contributed by atoms with Gasteiger partial charge >= 0.3 is 0 Å². The van der Waals surface area contributed by atoms with Crippen molar-refractivity contribution in [3.05, 3.63) is 0 Å². The summed E-state index contributed by atoms with van der Waals surface area (Å²) in [4.78, 5) is 15.0. The highest BCUT2D eigenvalue weighted by Crippen LogP contribution is 2.32. The van der Waals surface area contributed by atoms with E-state index in [9.17, 15) is 4.79 Å². The molecule has 0 aromatic heterocycles. The van der Waals surface area contributed by atoms with E-state index in [1.807, 2.05) is 11.8 Å². The third kappa shape index (κ3) is 2.94. The number of thioether (sulfide) groups is 1. The van der Waals surface area contributed by atoms with Gasteiger partial charge < -0.3 is 10.2 Å². The fourth-order valence-corrected chi connectivity index (χ4v) is 5.17. The number of piperidine rings is 1. The molecule has 3 unspecified atom stereocenters. The average Bonchev–Trinajstić information content (AvgIpc) is 3.05. The zero-order valence-electron chi connectivity index (χ0n) is 11.9. The quantitative estimate of drug-likeness (QED) is 0.858. The molecule has 0 aliphatic carbocycles. The normalized spacial score (nSPS) is 37.5. The summed E-state index contributed by atoms with van der Waals surface area (Å²) in [5.74, 6) is 2.99. The first-order chi connectivity index (χ1) is 9.28. The van der Waals surface area contributed by atoms with Gasteiger partial charge in [-0.1, -0.05) is 6.92 Å². The molecule has 3 saturated heterocycles. The van der Waals surface area contributed by atoms with Crippen molar-refractivity contribution in [1.82, 2.24) is 10.2 Å². The number of amides is 1. The number of carbonyl (C=O) groups excluding carboxylic acids is 1. The molecule has 0 aromatic rings. The van der Waals surface area contributed by atoms with Gasteiger partial charge in [-0.25, -0.2) is 0 Å². The van der Waals surface area contributed by atoms with E-state index in [2.05, 4.69) is 17.1 Å². The minimum atomic E-state index is 0.309. The Balaban J connectivity index is 1.67. The Kier molecular flexibility index (Phi) is 4.37. The summed E-state index contributed by atoms with van der Waals surface area (Å²) in [6.45, 7) is 3.16. The second-order valence-corrected chi connectivity index (χ2v) is 7.51. The van der Waals surface area contributed by atoms with Crippen LogP contribution in [-0.4, -0.2) is 47.0 Å². The summed E-state index contributed by atoms with van der Waals surface area (Å²) in [5, 5.41) is 3.68. The van der Waals surface area contributed by atoms with Crippen molar-refractivity contribution in [2.45, 2.75) is 63.6 Å². The van der Waals surface area contributed by atoms with Gasteiger partial charge in [0.15, 0.2) is 0 Å². The molecule has 3 aliphatic heterocycles. The van der Waals surface area contributed by atoms with E-state index in [-0.39, 0.29) is 0 Å². The van der Waals surface area contributed by atoms with Crippen LogP contribution in [0.3, 0.4) is 0 Å². The van der Waals surface area contributed by atoms with Crippen LogP contribution in [0, 0.1) is 5.92 Å². The summed E-state index contributed by atoms with van der Waals surface area (Å²) in [6.07, 6.45) is 7.18. The van der Waals surface area contributed by atoms with Gasteiger partial charge in [-0.3, -0.25) is 4.79 Å². The first-order valence-electron chi connectivity index (χ1n) is 7.92. The number of hydrogen-bond acceptors (Lipinski definition) is 3.